The van der Waals surface area contributed by atoms with Crippen LogP contribution >= 0.6 is 0 Å². The van der Waals surface area contributed by atoms with Crippen molar-refractivity contribution in [3.05, 3.63) is 59.7 Å². The van der Waals surface area contributed by atoms with Crippen LogP contribution in [0.2, 0.25) is 0 Å². The fraction of sp³-hybridized carbons (Fsp3) is 0.576. The number of carbonyl (C=O) groups is 2. The Morgan fingerprint density at radius 3 is 1.82 bits per heavy atom. The van der Waals surface area contributed by atoms with E-state index in [2.05, 4.69) is 27.7 Å². The van der Waals surface area contributed by atoms with Crippen LogP contribution in [0.4, 0.5) is 0 Å². The summed E-state index contributed by atoms with van der Waals surface area (Å²) in [5, 5.41) is 0. The molecule has 0 fully saturated rings. The van der Waals surface area contributed by atoms with Gasteiger partial charge >= 0.3 is 11.9 Å². The van der Waals surface area contributed by atoms with Gasteiger partial charge in [0.15, 0.2) is 0 Å². The second-order valence-corrected chi connectivity index (χ2v) is 10.8. The van der Waals surface area contributed by atoms with E-state index in [1.165, 1.54) is 51.4 Å². The smallest absolute Gasteiger partial charge is 0.343 e. The summed E-state index contributed by atoms with van der Waals surface area (Å²) >= 11 is 0. The number of rotatable bonds is 19. The molecule has 38 heavy (non-hydrogen) atoms. The first-order chi connectivity index (χ1) is 18.4. The molecule has 1 unspecified atom stereocenters. The summed E-state index contributed by atoms with van der Waals surface area (Å²) in [6, 6.07) is 13.5. The molecule has 0 aliphatic heterocycles. The van der Waals surface area contributed by atoms with E-state index < -0.39 is 5.97 Å². The first kappa shape index (κ1) is 31.4. The summed E-state index contributed by atoms with van der Waals surface area (Å²) in [4.78, 5) is 24.9. The van der Waals surface area contributed by atoms with Gasteiger partial charge in [-0.15, -0.1) is 0 Å². The molecule has 1 atom stereocenters. The van der Waals surface area contributed by atoms with E-state index in [9.17, 15) is 9.59 Å². The Morgan fingerprint density at radius 2 is 1.21 bits per heavy atom. The third-order valence-corrected chi connectivity index (χ3v) is 6.63. The highest BCUT2D eigenvalue weighted by Gasteiger charge is 2.13. The number of carbonyl (C=O) groups excluding carboxylic acids is 2. The quantitative estimate of drug-likeness (QED) is 0.104. The van der Waals surface area contributed by atoms with Gasteiger partial charge in [-0.05, 0) is 73.2 Å². The molecule has 0 aromatic heterocycles. The normalized spacial score (nSPS) is 11.8. The van der Waals surface area contributed by atoms with Crippen molar-refractivity contribution >= 4 is 11.9 Å². The molecule has 0 spiro atoms. The van der Waals surface area contributed by atoms with Crippen molar-refractivity contribution in [1.82, 2.24) is 0 Å². The third-order valence-electron chi connectivity index (χ3n) is 6.63. The molecule has 210 valence electrons. The van der Waals surface area contributed by atoms with E-state index in [0.29, 0.717) is 41.9 Å². The third kappa shape index (κ3) is 13.1. The minimum atomic E-state index is -0.454. The molecule has 2 rings (SSSR count). The van der Waals surface area contributed by atoms with Crippen molar-refractivity contribution in [2.24, 2.45) is 11.8 Å². The number of ether oxygens (including phenoxy) is 3. The van der Waals surface area contributed by atoms with Crippen LogP contribution in [0.15, 0.2) is 48.5 Å². The van der Waals surface area contributed by atoms with E-state index in [4.69, 9.17) is 14.2 Å². The van der Waals surface area contributed by atoms with Gasteiger partial charge < -0.3 is 14.2 Å². The monoisotopic (exact) mass is 524 g/mol. The van der Waals surface area contributed by atoms with Crippen LogP contribution in [0.3, 0.4) is 0 Å². The van der Waals surface area contributed by atoms with Crippen LogP contribution in [0.25, 0.3) is 0 Å². The molecule has 0 saturated heterocycles. The summed E-state index contributed by atoms with van der Waals surface area (Å²) in [5.41, 5.74) is 0.886. The summed E-state index contributed by atoms with van der Waals surface area (Å²) in [5.74, 6) is 1.34. The Bertz CT molecular complexity index is 917. The van der Waals surface area contributed by atoms with Crippen molar-refractivity contribution in [1.29, 1.82) is 0 Å². The van der Waals surface area contributed by atoms with E-state index in [1.54, 1.807) is 48.5 Å². The average molecular weight is 525 g/mol. The van der Waals surface area contributed by atoms with Gasteiger partial charge in [-0.25, -0.2) is 9.59 Å². The minimum absolute atomic E-state index is 0.333. The van der Waals surface area contributed by atoms with Crippen LogP contribution < -0.4 is 9.47 Å². The highest BCUT2D eigenvalue weighted by molar-refractivity contribution is 5.92. The summed E-state index contributed by atoms with van der Waals surface area (Å²) in [7, 11) is 0. The minimum Gasteiger partial charge on any atom is -0.494 e. The highest BCUT2D eigenvalue weighted by Crippen LogP contribution is 2.19. The Morgan fingerprint density at radius 1 is 0.658 bits per heavy atom. The zero-order chi connectivity index (χ0) is 27.6. The van der Waals surface area contributed by atoms with Crippen LogP contribution in [0.1, 0.15) is 119 Å². The SMILES string of the molecule is CCCCCCCCCCOc1ccc(C(=O)Oc2ccc(C(=O)OCC(C)CCCC(C)C)cc2)cc1. The molecule has 5 heteroatoms. The Hall–Kier alpha value is -2.82. The first-order valence-corrected chi connectivity index (χ1v) is 14.6. The van der Waals surface area contributed by atoms with E-state index >= 15 is 0 Å². The lowest BCUT2D eigenvalue weighted by molar-refractivity contribution is 0.0442. The van der Waals surface area contributed by atoms with Gasteiger partial charge in [0.05, 0.1) is 24.3 Å². The van der Waals surface area contributed by atoms with Crippen molar-refractivity contribution in [3.8, 4) is 11.5 Å². The molecule has 0 radical (unpaired) electrons. The lowest BCUT2D eigenvalue weighted by Crippen LogP contribution is -2.13. The predicted octanol–water partition coefficient (Wildman–Crippen LogP) is 9.04. The van der Waals surface area contributed by atoms with Crippen LogP contribution in [0, 0.1) is 11.8 Å². The Labute approximate surface area is 230 Å². The summed E-state index contributed by atoms with van der Waals surface area (Å²) in [6.45, 7) is 9.87. The van der Waals surface area contributed by atoms with Gasteiger partial charge in [-0.3, -0.25) is 0 Å². The lowest BCUT2D eigenvalue weighted by atomic mass is 10.0. The van der Waals surface area contributed by atoms with Crippen LogP contribution in [-0.2, 0) is 4.74 Å². The standard InChI is InChI=1S/C33H48O5/c1-5-6-7-8-9-10-11-12-24-36-30-20-16-29(17-21-30)33(35)38-31-22-18-28(19-23-31)32(34)37-25-27(4)15-13-14-26(2)3/h16-23,26-27H,5-15,24-25H2,1-4H3. The molecule has 5 nitrogen and oxygen atoms in total. The molecule has 0 heterocycles. The molecular formula is C33H48O5. The fourth-order valence-corrected chi connectivity index (χ4v) is 4.20. The number of benzene rings is 2. The molecule has 0 aliphatic carbocycles. The maximum absolute atomic E-state index is 12.5. The summed E-state index contributed by atoms with van der Waals surface area (Å²) < 4.78 is 16.7. The van der Waals surface area contributed by atoms with Gasteiger partial charge in [-0.1, -0.05) is 85.5 Å². The van der Waals surface area contributed by atoms with Crippen molar-refractivity contribution in [2.45, 2.75) is 98.3 Å². The van der Waals surface area contributed by atoms with Crippen molar-refractivity contribution < 1.29 is 23.8 Å². The fourth-order valence-electron chi connectivity index (χ4n) is 4.20. The van der Waals surface area contributed by atoms with E-state index in [0.717, 1.165) is 25.0 Å². The number of hydrogen-bond donors (Lipinski definition) is 0. The van der Waals surface area contributed by atoms with Gasteiger partial charge in [-0.2, -0.15) is 0 Å². The largest absolute Gasteiger partial charge is 0.494 e. The molecule has 0 saturated carbocycles. The number of esters is 2. The van der Waals surface area contributed by atoms with Crippen LogP contribution in [-0.4, -0.2) is 25.2 Å². The average Bonchev–Trinajstić information content (AvgIpc) is 2.91. The number of unbranched alkanes of at least 4 members (excludes halogenated alkanes) is 7. The molecular weight excluding hydrogens is 476 g/mol. The summed E-state index contributed by atoms with van der Waals surface area (Å²) in [6.07, 6.45) is 13.5. The molecule has 0 aliphatic rings. The molecule has 2 aromatic rings. The molecule has 2 aromatic carbocycles. The van der Waals surface area contributed by atoms with E-state index in [1.807, 2.05) is 0 Å². The van der Waals surface area contributed by atoms with Gasteiger partial charge in [0, 0.05) is 0 Å². The predicted molar refractivity (Wildman–Crippen MR) is 154 cm³/mol. The Kier molecular flexibility index (Phi) is 15.2. The van der Waals surface area contributed by atoms with Crippen molar-refractivity contribution in [3.63, 3.8) is 0 Å². The zero-order valence-corrected chi connectivity index (χ0v) is 24.0. The maximum Gasteiger partial charge on any atom is 0.343 e. The Balaban J connectivity index is 1.68. The van der Waals surface area contributed by atoms with Crippen molar-refractivity contribution in [2.75, 3.05) is 13.2 Å². The van der Waals surface area contributed by atoms with Crippen LogP contribution in [0.5, 0.6) is 11.5 Å². The molecule has 0 N–H and O–H groups in total. The highest BCUT2D eigenvalue weighted by atomic mass is 16.5. The van der Waals surface area contributed by atoms with Gasteiger partial charge in [0.2, 0.25) is 0 Å². The lowest BCUT2D eigenvalue weighted by Gasteiger charge is -2.13. The van der Waals surface area contributed by atoms with Gasteiger partial charge in [0.1, 0.15) is 11.5 Å². The topological polar surface area (TPSA) is 61.8 Å². The second kappa shape index (κ2) is 18.4. The molecule has 0 amide bonds. The van der Waals surface area contributed by atoms with E-state index in [-0.39, 0.29) is 5.97 Å². The zero-order valence-electron chi connectivity index (χ0n) is 24.0. The molecule has 0 bridgehead atoms. The second-order valence-electron chi connectivity index (χ2n) is 10.8. The number of hydrogen-bond acceptors (Lipinski definition) is 5. The van der Waals surface area contributed by atoms with Gasteiger partial charge in [0.25, 0.3) is 0 Å². The first-order valence-electron chi connectivity index (χ1n) is 14.6. The maximum atomic E-state index is 12.5.